The van der Waals surface area contributed by atoms with Crippen molar-refractivity contribution in [2.24, 2.45) is 11.7 Å². The topological polar surface area (TPSA) is 148 Å². The maximum Gasteiger partial charge on any atom is 0.341 e. The minimum atomic E-state index is -1.39. The van der Waals surface area contributed by atoms with Gasteiger partial charge in [0.05, 0.1) is 22.3 Å². The van der Waals surface area contributed by atoms with Crippen LogP contribution in [-0.4, -0.2) is 49.9 Å². The van der Waals surface area contributed by atoms with E-state index in [0.717, 1.165) is 24.4 Å². The van der Waals surface area contributed by atoms with Gasteiger partial charge in [-0.2, -0.15) is 0 Å². The van der Waals surface area contributed by atoms with Gasteiger partial charge < -0.3 is 30.0 Å². The third kappa shape index (κ3) is 5.50. The van der Waals surface area contributed by atoms with E-state index in [1.54, 1.807) is 17.6 Å². The lowest BCUT2D eigenvalue weighted by Gasteiger charge is -2.26. The Bertz CT molecular complexity index is 2070. The standard InChI is InChI=1S/C20H20FN3O3.C12H9F2NO3/c1-2-23-10-14(19(26)27)18(25)13-7-15(21)17(8-16(13)23)24-9-12-5-3-4-6-20(12,22)11-24;1-2-15-5-7(12(17)18)11(16)6-3-8(13)9(14)4-10(6)15/h3-8,10,12H,2,9,11,22H2,1H3,(H,26,27);3-5H,2H2,1H3,(H,17,18). The van der Waals surface area contributed by atoms with Gasteiger partial charge in [-0.05, 0) is 32.0 Å². The van der Waals surface area contributed by atoms with Crippen molar-refractivity contribution >= 4 is 39.4 Å². The van der Waals surface area contributed by atoms with E-state index in [2.05, 4.69) is 0 Å². The molecule has 4 N–H and O–H groups in total. The van der Waals surface area contributed by atoms with Crippen LogP contribution in [0.15, 0.2) is 70.6 Å². The van der Waals surface area contributed by atoms with Crippen molar-refractivity contribution in [3.05, 3.63) is 110 Å². The fraction of sp³-hybridized carbons (Fsp3) is 0.250. The first-order chi connectivity index (χ1) is 21.3. The summed E-state index contributed by atoms with van der Waals surface area (Å²) in [4.78, 5) is 48.4. The van der Waals surface area contributed by atoms with Crippen LogP contribution in [0.5, 0.6) is 0 Å². The van der Waals surface area contributed by atoms with Crippen molar-refractivity contribution < 1.29 is 33.0 Å². The molecule has 0 spiro atoms. The number of carbonyl (C=O) groups is 2. The summed E-state index contributed by atoms with van der Waals surface area (Å²) in [6, 6.07) is 4.38. The van der Waals surface area contributed by atoms with Crippen molar-refractivity contribution in [1.82, 2.24) is 9.13 Å². The normalized spacial score (nSPS) is 18.6. The molecular formula is C32H29F3N4O6. The van der Waals surface area contributed by atoms with Gasteiger partial charge in [-0.3, -0.25) is 9.59 Å². The molecule has 10 nitrogen and oxygen atoms in total. The van der Waals surface area contributed by atoms with Crippen molar-refractivity contribution in [3.8, 4) is 0 Å². The number of pyridine rings is 2. The van der Waals surface area contributed by atoms with E-state index in [-0.39, 0.29) is 27.8 Å². The molecule has 0 bridgehead atoms. The number of fused-ring (bicyclic) bond motifs is 3. The lowest BCUT2D eigenvalue weighted by Crippen LogP contribution is -2.46. The largest absolute Gasteiger partial charge is 0.477 e. The molecule has 234 valence electrons. The monoisotopic (exact) mass is 622 g/mol. The molecule has 13 heteroatoms. The molecule has 2 aromatic heterocycles. The molecule has 2 aromatic carbocycles. The van der Waals surface area contributed by atoms with Gasteiger partial charge in [0.15, 0.2) is 11.6 Å². The molecule has 45 heavy (non-hydrogen) atoms. The van der Waals surface area contributed by atoms with Crippen LogP contribution < -0.4 is 21.5 Å². The first kappa shape index (κ1) is 31.3. The van der Waals surface area contributed by atoms with Crippen LogP contribution in [-0.2, 0) is 13.1 Å². The number of rotatable bonds is 5. The average molecular weight is 623 g/mol. The Morgan fingerprint density at radius 3 is 1.87 bits per heavy atom. The minimum Gasteiger partial charge on any atom is -0.477 e. The highest BCUT2D eigenvalue weighted by Crippen LogP contribution is 2.36. The SMILES string of the molecule is CCn1cc(C(=O)O)c(=O)c2cc(F)c(F)cc21.CCn1cc(C(=O)O)c(=O)c2cc(F)c(N3CC4C=CC=CC4(N)C3)cc21. The number of nitrogens with zero attached hydrogens (tertiary/aromatic N) is 3. The van der Waals surface area contributed by atoms with Crippen molar-refractivity contribution in [3.63, 3.8) is 0 Å². The van der Waals surface area contributed by atoms with Gasteiger partial charge in [0.1, 0.15) is 16.9 Å². The molecule has 2 aliphatic rings. The van der Waals surface area contributed by atoms with Gasteiger partial charge >= 0.3 is 11.9 Å². The Kier molecular flexibility index (Phi) is 8.15. The number of aryl methyl sites for hydroxylation is 2. The van der Waals surface area contributed by atoms with Crippen LogP contribution >= 0.6 is 0 Å². The summed E-state index contributed by atoms with van der Waals surface area (Å²) in [5, 5.41) is 18.1. The van der Waals surface area contributed by atoms with E-state index in [1.165, 1.54) is 10.8 Å². The number of carboxylic acid groups (broad SMARTS) is 2. The Morgan fingerprint density at radius 1 is 0.844 bits per heavy atom. The molecule has 2 atom stereocenters. The lowest BCUT2D eigenvalue weighted by atomic mass is 9.85. The van der Waals surface area contributed by atoms with Gasteiger partial charge in [0.2, 0.25) is 10.9 Å². The maximum atomic E-state index is 14.9. The summed E-state index contributed by atoms with van der Waals surface area (Å²) in [7, 11) is 0. The maximum absolute atomic E-state index is 14.9. The molecule has 3 heterocycles. The van der Waals surface area contributed by atoms with Gasteiger partial charge in [-0.1, -0.05) is 24.3 Å². The second kappa shape index (κ2) is 11.7. The van der Waals surface area contributed by atoms with E-state index >= 15 is 0 Å². The van der Waals surface area contributed by atoms with Crippen LogP contribution in [0.4, 0.5) is 18.9 Å². The molecule has 0 radical (unpaired) electrons. The Labute approximate surface area is 253 Å². The van der Waals surface area contributed by atoms with E-state index < -0.39 is 51.4 Å². The number of aromatic nitrogens is 2. The Hall–Kier alpha value is -5.17. The molecule has 1 aliphatic carbocycles. The minimum absolute atomic E-state index is 0.0665. The number of hydrogen-bond acceptors (Lipinski definition) is 6. The zero-order valence-electron chi connectivity index (χ0n) is 24.3. The fourth-order valence-electron chi connectivity index (χ4n) is 5.81. The molecule has 1 saturated heterocycles. The summed E-state index contributed by atoms with van der Waals surface area (Å²) in [6.45, 7) is 5.37. The smallest absolute Gasteiger partial charge is 0.341 e. The van der Waals surface area contributed by atoms with E-state index in [9.17, 15) is 37.5 Å². The second-order valence-corrected chi connectivity index (χ2v) is 10.9. The number of carboxylic acids is 2. The van der Waals surface area contributed by atoms with E-state index in [1.807, 2.05) is 36.1 Å². The van der Waals surface area contributed by atoms with Gasteiger partial charge in [0.25, 0.3) is 0 Å². The Morgan fingerprint density at radius 2 is 1.36 bits per heavy atom. The number of nitrogens with two attached hydrogens (primary N) is 1. The zero-order chi connectivity index (χ0) is 32.8. The molecular weight excluding hydrogens is 593 g/mol. The van der Waals surface area contributed by atoms with Crippen molar-refractivity contribution in [2.75, 3.05) is 18.0 Å². The number of halogens is 3. The first-order valence-corrected chi connectivity index (χ1v) is 14.0. The summed E-state index contributed by atoms with van der Waals surface area (Å²) >= 11 is 0. The van der Waals surface area contributed by atoms with E-state index in [4.69, 9.17) is 10.8 Å². The third-order valence-electron chi connectivity index (χ3n) is 8.19. The number of hydrogen-bond donors (Lipinski definition) is 3. The zero-order valence-corrected chi connectivity index (χ0v) is 24.3. The Balaban J connectivity index is 0.000000194. The molecule has 4 aromatic rings. The van der Waals surface area contributed by atoms with Gasteiger partial charge in [0, 0.05) is 61.3 Å². The van der Waals surface area contributed by atoms with Crippen LogP contribution in [0.25, 0.3) is 21.8 Å². The van der Waals surface area contributed by atoms with Crippen LogP contribution in [0.2, 0.25) is 0 Å². The second-order valence-electron chi connectivity index (χ2n) is 10.9. The molecule has 0 saturated carbocycles. The number of allylic oxidation sites excluding steroid dienone is 2. The van der Waals surface area contributed by atoms with Crippen molar-refractivity contribution in [2.45, 2.75) is 32.5 Å². The molecule has 1 fully saturated rings. The van der Waals surface area contributed by atoms with Crippen LogP contribution in [0.3, 0.4) is 0 Å². The highest BCUT2D eigenvalue weighted by molar-refractivity contribution is 5.94. The highest BCUT2D eigenvalue weighted by Gasteiger charge is 2.42. The average Bonchev–Trinajstić information content (AvgIpc) is 3.35. The number of benzene rings is 2. The summed E-state index contributed by atoms with van der Waals surface area (Å²) in [5.74, 6) is -5.44. The third-order valence-corrected chi connectivity index (χ3v) is 8.19. The van der Waals surface area contributed by atoms with Crippen LogP contribution in [0.1, 0.15) is 34.6 Å². The summed E-state index contributed by atoms with van der Waals surface area (Å²) < 4.78 is 44.2. The van der Waals surface area contributed by atoms with Crippen LogP contribution in [0, 0.1) is 23.4 Å². The fourth-order valence-corrected chi connectivity index (χ4v) is 5.81. The quantitative estimate of drug-likeness (QED) is 0.301. The predicted octanol–water partition coefficient (Wildman–Crippen LogP) is 4.12. The highest BCUT2D eigenvalue weighted by atomic mass is 19.2. The summed E-state index contributed by atoms with van der Waals surface area (Å²) in [5.41, 5.74) is 4.65. The molecule has 6 rings (SSSR count). The number of anilines is 1. The molecule has 2 unspecified atom stereocenters. The predicted molar refractivity (Wildman–Crippen MR) is 162 cm³/mol. The molecule has 0 amide bonds. The molecule has 1 aliphatic heterocycles. The van der Waals surface area contributed by atoms with Gasteiger partial charge in [-0.15, -0.1) is 0 Å². The summed E-state index contributed by atoms with van der Waals surface area (Å²) in [6.07, 6.45) is 10.3. The van der Waals surface area contributed by atoms with Crippen molar-refractivity contribution in [1.29, 1.82) is 0 Å². The number of aromatic carboxylic acids is 2. The van der Waals surface area contributed by atoms with E-state index in [0.29, 0.717) is 37.4 Å². The first-order valence-electron chi connectivity index (χ1n) is 14.0. The lowest BCUT2D eigenvalue weighted by molar-refractivity contribution is 0.0684. The van der Waals surface area contributed by atoms with Gasteiger partial charge in [-0.25, -0.2) is 22.8 Å².